The van der Waals surface area contributed by atoms with E-state index in [0.29, 0.717) is 11.4 Å². The van der Waals surface area contributed by atoms with Gasteiger partial charge in [-0.1, -0.05) is 36.4 Å². The second kappa shape index (κ2) is 8.43. The number of carbonyl (C=O) groups excluding carboxylic acids is 1. The van der Waals surface area contributed by atoms with E-state index in [4.69, 9.17) is 13.6 Å². The summed E-state index contributed by atoms with van der Waals surface area (Å²) in [6, 6.07) is 19.0. The molecule has 1 amide bonds. The molecule has 4 rings (SSSR count). The molecule has 8 heteroatoms. The molecule has 0 saturated heterocycles. The smallest absolute Gasteiger partial charge is 0.352 e. The van der Waals surface area contributed by atoms with Gasteiger partial charge < -0.3 is 23.4 Å². The van der Waals surface area contributed by atoms with Crippen LogP contribution in [0.25, 0.3) is 11.0 Å². The van der Waals surface area contributed by atoms with Crippen LogP contribution in [-0.2, 0) is 0 Å². The summed E-state index contributed by atoms with van der Waals surface area (Å²) in [6.45, 7) is 0. The van der Waals surface area contributed by atoms with E-state index in [1.807, 2.05) is 24.3 Å². The molecule has 0 saturated carbocycles. The fourth-order valence-corrected chi connectivity index (χ4v) is 3.42. The van der Waals surface area contributed by atoms with E-state index in [9.17, 15) is 14.4 Å². The van der Waals surface area contributed by atoms with Crippen LogP contribution in [0.5, 0.6) is 5.75 Å². The van der Waals surface area contributed by atoms with Gasteiger partial charge in [-0.15, -0.1) is 0 Å². The Morgan fingerprint density at radius 1 is 0.875 bits per heavy atom. The van der Waals surface area contributed by atoms with Crippen LogP contribution < -0.4 is 25.8 Å². The van der Waals surface area contributed by atoms with Crippen molar-refractivity contribution in [1.82, 2.24) is 0 Å². The summed E-state index contributed by atoms with van der Waals surface area (Å²) in [5.41, 5.74) is -0.557. The lowest BCUT2D eigenvalue weighted by molar-refractivity contribution is 0.0992. The standard InChI is InChI=1S/C24H20N2O6/c1-25(15-10-6-4-7-11-15)22(28)20-21-19(17(30-3)14-18(27)31-21)24(29)32-23(20)26(2)16-12-8-5-9-13-16/h4-14H,1-3H3. The average Bonchev–Trinajstić information content (AvgIpc) is 2.82. The van der Waals surface area contributed by atoms with Gasteiger partial charge >= 0.3 is 11.3 Å². The monoisotopic (exact) mass is 432 g/mol. The summed E-state index contributed by atoms with van der Waals surface area (Å²) < 4.78 is 16.2. The molecular formula is C24H20N2O6. The lowest BCUT2D eigenvalue weighted by Gasteiger charge is -2.23. The molecule has 0 atom stereocenters. The molecule has 2 aromatic heterocycles. The van der Waals surface area contributed by atoms with Crippen LogP contribution in [0, 0.1) is 0 Å². The summed E-state index contributed by atoms with van der Waals surface area (Å²) in [7, 11) is 4.55. The molecule has 0 aliphatic heterocycles. The van der Waals surface area contributed by atoms with E-state index < -0.39 is 17.2 Å². The molecule has 32 heavy (non-hydrogen) atoms. The Hall–Kier alpha value is -4.33. The number of anilines is 3. The molecule has 0 aliphatic carbocycles. The first kappa shape index (κ1) is 20.9. The molecule has 0 radical (unpaired) electrons. The van der Waals surface area contributed by atoms with Gasteiger partial charge in [0.25, 0.3) is 5.91 Å². The average molecular weight is 432 g/mol. The van der Waals surface area contributed by atoms with Crippen molar-refractivity contribution in [3.8, 4) is 5.75 Å². The SMILES string of the molecule is COc1cc(=O)oc2c(C(=O)N(C)c3ccccc3)c(N(C)c3ccccc3)oc(=O)c12. The van der Waals surface area contributed by atoms with Crippen LogP contribution in [0.15, 0.2) is 85.2 Å². The van der Waals surface area contributed by atoms with Gasteiger partial charge in [-0.05, 0) is 24.3 Å². The largest absolute Gasteiger partial charge is 0.495 e. The third-order valence-electron chi connectivity index (χ3n) is 5.09. The molecule has 2 aromatic carbocycles. The van der Waals surface area contributed by atoms with Crippen LogP contribution >= 0.6 is 0 Å². The Balaban J connectivity index is 2.04. The summed E-state index contributed by atoms with van der Waals surface area (Å²) >= 11 is 0. The normalized spacial score (nSPS) is 10.7. The maximum Gasteiger partial charge on any atom is 0.352 e. The lowest BCUT2D eigenvalue weighted by Crippen LogP contribution is -2.29. The number of carbonyl (C=O) groups is 1. The number of methoxy groups -OCH3 is 1. The minimum Gasteiger partial charge on any atom is -0.495 e. The van der Waals surface area contributed by atoms with Gasteiger partial charge in [-0.3, -0.25) is 4.79 Å². The van der Waals surface area contributed by atoms with E-state index >= 15 is 0 Å². The van der Waals surface area contributed by atoms with E-state index in [1.165, 1.54) is 12.0 Å². The van der Waals surface area contributed by atoms with Gasteiger partial charge in [-0.25, -0.2) is 9.59 Å². The molecule has 4 aromatic rings. The maximum atomic E-state index is 13.7. The van der Waals surface area contributed by atoms with Gasteiger partial charge in [0.1, 0.15) is 16.7 Å². The number of fused-ring (bicyclic) bond motifs is 1. The molecule has 0 spiro atoms. The lowest BCUT2D eigenvalue weighted by atomic mass is 10.1. The fourth-order valence-electron chi connectivity index (χ4n) is 3.42. The van der Waals surface area contributed by atoms with Crippen molar-refractivity contribution in [2.75, 3.05) is 31.0 Å². The van der Waals surface area contributed by atoms with Gasteiger partial charge in [0.15, 0.2) is 5.58 Å². The van der Waals surface area contributed by atoms with Crippen LogP contribution in [0.4, 0.5) is 17.3 Å². The zero-order valence-corrected chi connectivity index (χ0v) is 17.7. The molecule has 0 aliphatic rings. The Bertz CT molecular complexity index is 1390. The Morgan fingerprint density at radius 3 is 2.06 bits per heavy atom. The van der Waals surface area contributed by atoms with Crippen LogP contribution in [0.3, 0.4) is 0 Å². The third-order valence-corrected chi connectivity index (χ3v) is 5.09. The van der Waals surface area contributed by atoms with Crippen molar-refractivity contribution in [1.29, 1.82) is 0 Å². The first-order valence-electron chi connectivity index (χ1n) is 9.73. The zero-order chi connectivity index (χ0) is 22.8. The number of para-hydroxylation sites is 2. The summed E-state index contributed by atoms with van der Waals surface area (Å²) in [5, 5.41) is -0.123. The Kier molecular flexibility index (Phi) is 5.51. The number of hydrogen-bond acceptors (Lipinski definition) is 7. The van der Waals surface area contributed by atoms with Crippen LogP contribution in [0.1, 0.15) is 10.4 Å². The van der Waals surface area contributed by atoms with Crippen molar-refractivity contribution in [3.05, 3.63) is 93.1 Å². The molecular weight excluding hydrogens is 412 g/mol. The topological polar surface area (TPSA) is 93.2 Å². The highest BCUT2D eigenvalue weighted by Crippen LogP contribution is 2.34. The second-order valence-corrected chi connectivity index (χ2v) is 7.00. The second-order valence-electron chi connectivity index (χ2n) is 7.00. The highest BCUT2D eigenvalue weighted by molar-refractivity contribution is 6.16. The Morgan fingerprint density at radius 2 is 1.47 bits per heavy atom. The molecule has 162 valence electrons. The minimum absolute atomic E-state index is 0.0321. The minimum atomic E-state index is -0.794. The number of hydrogen-bond donors (Lipinski definition) is 0. The molecule has 0 fully saturated rings. The number of rotatable bonds is 5. The van der Waals surface area contributed by atoms with Gasteiger partial charge in [-0.2, -0.15) is 0 Å². The molecule has 0 bridgehead atoms. The number of ether oxygens (including phenoxy) is 1. The van der Waals surface area contributed by atoms with Gasteiger partial charge in [0.05, 0.1) is 13.2 Å². The maximum absolute atomic E-state index is 13.7. The van der Waals surface area contributed by atoms with E-state index in [1.54, 1.807) is 55.4 Å². The quantitative estimate of drug-likeness (QED) is 0.474. The first-order chi connectivity index (χ1) is 15.4. The summed E-state index contributed by atoms with van der Waals surface area (Å²) in [6.07, 6.45) is 0. The highest BCUT2D eigenvalue weighted by atomic mass is 16.5. The van der Waals surface area contributed by atoms with Crippen molar-refractivity contribution < 1.29 is 18.4 Å². The molecule has 8 nitrogen and oxygen atoms in total. The third kappa shape index (κ3) is 3.62. The predicted octanol–water partition coefficient (Wildman–Crippen LogP) is 3.80. The van der Waals surface area contributed by atoms with E-state index in [2.05, 4.69) is 0 Å². The van der Waals surface area contributed by atoms with Crippen LogP contribution in [0.2, 0.25) is 0 Å². The Labute approximate surface area is 182 Å². The first-order valence-corrected chi connectivity index (χ1v) is 9.73. The summed E-state index contributed by atoms with van der Waals surface area (Å²) in [4.78, 5) is 41.7. The highest BCUT2D eigenvalue weighted by Gasteiger charge is 2.30. The number of amides is 1. The molecule has 0 unspecified atom stereocenters. The van der Waals surface area contributed by atoms with Crippen molar-refractivity contribution in [2.45, 2.75) is 0 Å². The van der Waals surface area contributed by atoms with Crippen molar-refractivity contribution >= 4 is 34.1 Å². The molecule has 2 heterocycles. The van der Waals surface area contributed by atoms with Gasteiger partial charge in [0.2, 0.25) is 5.88 Å². The van der Waals surface area contributed by atoms with Crippen LogP contribution in [-0.4, -0.2) is 27.1 Å². The van der Waals surface area contributed by atoms with Crippen molar-refractivity contribution in [2.24, 2.45) is 0 Å². The number of benzene rings is 2. The van der Waals surface area contributed by atoms with Crippen molar-refractivity contribution in [3.63, 3.8) is 0 Å². The summed E-state index contributed by atoms with van der Waals surface area (Å²) in [5.74, 6) is -0.618. The van der Waals surface area contributed by atoms with Gasteiger partial charge in [0, 0.05) is 25.5 Å². The number of nitrogens with zero attached hydrogens (tertiary/aromatic N) is 2. The predicted molar refractivity (Wildman–Crippen MR) is 121 cm³/mol. The van der Waals surface area contributed by atoms with E-state index in [0.717, 1.165) is 6.07 Å². The molecule has 0 N–H and O–H groups in total. The fraction of sp³-hybridized carbons (Fsp3) is 0.125. The zero-order valence-electron chi connectivity index (χ0n) is 17.7. The van der Waals surface area contributed by atoms with E-state index in [-0.39, 0.29) is 28.2 Å².